The lowest BCUT2D eigenvalue weighted by molar-refractivity contribution is -0.523. The fourth-order valence-corrected chi connectivity index (χ4v) is 3.26. The number of benzene rings is 2. The third-order valence-electron chi connectivity index (χ3n) is 4.47. The number of alkyl halides is 3. The van der Waals surface area contributed by atoms with E-state index in [1.54, 1.807) is 14.2 Å². The second-order valence-corrected chi connectivity index (χ2v) is 7.73. The van der Waals surface area contributed by atoms with E-state index in [1.165, 1.54) is 20.3 Å². The average Bonchev–Trinajstić information content (AvgIpc) is 2.71. The maximum Gasteiger partial charge on any atom is 0.430 e. The molecule has 0 spiro atoms. The van der Waals surface area contributed by atoms with E-state index in [2.05, 4.69) is 69.8 Å². The normalized spacial score (nSPS) is 12.8. The highest BCUT2D eigenvalue weighted by Crippen LogP contribution is 2.31. The minimum atomic E-state index is -5.19. The molecule has 2 aromatic rings. The molecule has 9 heteroatoms. The number of carboxylic acids is 1. The second kappa shape index (κ2) is 10.6. The highest BCUT2D eigenvalue weighted by molar-refractivity contribution is 14.1. The van der Waals surface area contributed by atoms with Crippen molar-refractivity contribution in [3.8, 4) is 11.5 Å². The van der Waals surface area contributed by atoms with Crippen LogP contribution in [0.5, 0.6) is 11.5 Å². The minimum absolute atomic E-state index is 0.794. The van der Waals surface area contributed by atoms with Gasteiger partial charge in [-0.3, -0.25) is 0 Å². The van der Waals surface area contributed by atoms with Crippen molar-refractivity contribution in [2.45, 2.75) is 19.0 Å². The average molecular weight is 535 g/mol. The Hall–Kier alpha value is -2.30. The van der Waals surface area contributed by atoms with Gasteiger partial charge >= 0.3 is 6.18 Å². The molecule has 0 aromatic heterocycles. The summed E-state index contributed by atoms with van der Waals surface area (Å²) < 4.78 is 46.0. The van der Waals surface area contributed by atoms with Crippen molar-refractivity contribution in [2.24, 2.45) is 0 Å². The van der Waals surface area contributed by atoms with Gasteiger partial charge in [-0.25, -0.2) is 4.58 Å². The van der Waals surface area contributed by atoms with Gasteiger partial charge in [0.2, 0.25) is 0 Å². The number of hydrogen-bond donors (Lipinski definition) is 0. The lowest BCUT2D eigenvalue weighted by atomic mass is 10.0. The SMILES string of the molecule is COc1cc2c(cc1OC)CC[N+](CCc1ccc(I)cc1)=C2.O=C([O-])C(F)(F)F. The van der Waals surface area contributed by atoms with Crippen molar-refractivity contribution in [1.82, 2.24) is 0 Å². The van der Waals surface area contributed by atoms with E-state index in [9.17, 15) is 13.2 Å². The number of fused-ring (bicyclic) bond motifs is 1. The first-order valence-electron chi connectivity index (χ1n) is 9.00. The Morgan fingerprint density at radius 1 is 1.13 bits per heavy atom. The van der Waals surface area contributed by atoms with Gasteiger partial charge in [0.1, 0.15) is 19.1 Å². The first-order valence-corrected chi connectivity index (χ1v) is 10.1. The van der Waals surface area contributed by atoms with Gasteiger partial charge in [-0.05, 0) is 58.0 Å². The zero-order valence-corrected chi connectivity index (χ0v) is 18.6. The Morgan fingerprint density at radius 2 is 1.70 bits per heavy atom. The van der Waals surface area contributed by atoms with Gasteiger partial charge in [0.15, 0.2) is 17.7 Å². The first kappa shape index (κ1) is 24.0. The zero-order chi connectivity index (χ0) is 22.3. The summed E-state index contributed by atoms with van der Waals surface area (Å²) >= 11 is 2.34. The van der Waals surface area contributed by atoms with Gasteiger partial charge in [-0.15, -0.1) is 0 Å². The van der Waals surface area contributed by atoms with Crippen LogP contribution < -0.4 is 14.6 Å². The van der Waals surface area contributed by atoms with Crippen LogP contribution in [0.2, 0.25) is 0 Å². The molecule has 0 saturated carbocycles. The van der Waals surface area contributed by atoms with E-state index in [1.807, 2.05) is 0 Å². The van der Waals surface area contributed by atoms with Gasteiger partial charge in [-0.2, -0.15) is 13.2 Å². The summed E-state index contributed by atoms with van der Waals surface area (Å²) in [5, 5.41) is 8.78. The van der Waals surface area contributed by atoms with Crippen LogP contribution in [-0.4, -0.2) is 50.2 Å². The molecule has 0 atom stereocenters. The molecule has 0 radical (unpaired) electrons. The molecule has 1 aliphatic rings. The van der Waals surface area contributed by atoms with E-state index in [4.69, 9.17) is 19.4 Å². The Balaban J connectivity index is 0.000000396. The van der Waals surface area contributed by atoms with Crippen LogP contribution in [0.4, 0.5) is 13.2 Å². The van der Waals surface area contributed by atoms with Crippen molar-refractivity contribution in [3.05, 3.63) is 56.7 Å². The number of hydrogen-bond acceptors (Lipinski definition) is 4. The molecule has 0 amide bonds. The van der Waals surface area contributed by atoms with E-state index in [0.29, 0.717) is 0 Å². The quantitative estimate of drug-likeness (QED) is 0.437. The number of nitrogens with zero attached hydrogens (tertiary/aromatic N) is 1. The fraction of sp³-hybridized carbons (Fsp3) is 0.333. The van der Waals surface area contributed by atoms with Crippen LogP contribution in [0, 0.1) is 3.57 Å². The predicted octanol–water partition coefficient (Wildman–Crippen LogP) is 2.84. The Morgan fingerprint density at radius 3 is 2.23 bits per heavy atom. The molecule has 1 heterocycles. The summed E-state index contributed by atoms with van der Waals surface area (Å²) in [7, 11) is 3.37. The number of carbonyl (C=O) groups is 1. The second-order valence-electron chi connectivity index (χ2n) is 6.48. The zero-order valence-electron chi connectivity index (χ0n) is 16.5. The van der Waals surface area contributed by atoms with Crippen molar-refractivity contribution in [3.63, 3.8) is 0 Å². The van der Waals surface area contributed by atoms with Gasteiger partial charge < -0.3 is 19.4 Å². The molecular formula is C21H21F3INO4. The first-order chi connectivity index (χ1) is 14.1. The van der Waals surface area contributed by atoms with E-state index in [-0.39, 0.29) is 0 Å². The number of rotatable bonds is 5. The molecule has 0 N–H and O–H groups in total. The standard InChI is InChI=1S/C19H21INO2.C2HF3O2/c1-22-18-11-15-8-10-21(13-16(15)12-19(18)23-2)9-7-14-3-5-17(20)6-4-14;3-2(4,5)1(6)7/h3-6,11-13H,7-10H2,1-2H3;(H,6,7)/q+1;/p-1. The minimum Gasteiger partial charge on any atom is -0.542 e. The van der Waals surface area contributed by atoms with Crippen LogP contribution in [0.3, 0.4) is 0 Å². The molecular weight excluding hydrogens is 514 g/mol. The molecule has 30 heavy (non-hydrogen) atoms. The molecule has 0 fully saturated rings. The number of methoxy groups -OCH3 is 2. The summed E-state index contributed by atoms with van der Waals surface area (Å²) in [5.74, 6) is -1.40. The molecule has 0 unspecified atom stereocenters. The summed E-state index contributed by atoms with van der Waals surface area (Å²) in [6.07, 6.45) is -0.845. The number of ether oxygens (including phenoxy) is 2. The largest absolute Gasteiger partial charge is 0.542 e. The monoisotopic (exact) mass is 535 g/mol. The van der Waals surface area contributed by atoms with E-state index < -0.39 is 12.1 Å². The predicted molar refractivity (Wildman–Crippen MR) is 112 cm³/mol. The molecule has 162 valence electrons. The van der Waals surface area contributed by atoms with Gasteiger partial charge in [-0.1, -0.05) is 12.1 Å². The Labute approximate surface area is 186 Å². The number of carboxylic acid groups (broad SMARTS) is 1. The van der Waals surface area contributed by atoms with Crippen molar-refractivity contribution >= 4 is 34.8 Å². The molecule has 5 nitrogen and oxygen atoms in total. The lowest BCUT2D eigenvalue weighted by Crippen LogP contribution is -2.37. The fourth-order valence-electron chi connectivity index (χ4n) is 2.90. The van der Waals surface area contributed by atoms with Crippen LogP contribution >= 0.6 is 22.6 Å². The van der Waals surface area contributed by atoms with Crippen LogP contribution in [0.1, 0.15) is 16.7 Å². The van der Waals surface area contributed by atoms with Gasteiger partial charge in [0.25, 0.3) is 0 Å². The van der Waals surface area contributed by atoms with Crippen LogP contribution in [0.25, 0.3) is 0 Å². The summed E-state index contributed by atoms with van der Waals surface area (Å²) in [5.41, 5.74) is 3.95. The van der Waals surface area contributed by atoms with Gasteiger partial charge in [0, 0.05) is 22.0 Å². The van der Waals surface area contributed by atoms with E-state index in [0.717, 1.165) is 37.4 Å². The van der Waals surface area contributed by atoms with E-state index >= 15 is 0 Å². The Kier molecular flexibility index (Phi) is 8.51. The molecule has 0 aliphatic carbocycles. The molecule has 2 aromatic carbocycles. The number of halogens is 4. The Bertz CT molecular complexity index is 912. The van der Waals surface area contributed by atoms with Gasteiger partial charge in [0.05, 0.1) is 14.2 Å². The number of carbonyl (C=O) groups excluding carboxylic acids is 1. The topological polar surface area (TPSA) is 61.6 Å². The summed E-state index contributed by atoms with van der Waals surface area (Å²) in [6, 6.07) is 12.9. The molecule has 3 rings (SSSR count). The highest BCUT2D eigenvalue weighted by atomic mass is 127. The summed E-state index contributed by atoms with van der Waals surface area (Å²) in [6.45, 7) is 2.08. The molecule has 0 bridgehead atoms. The lowest BCUT2D eigenvalue weighted by Gasteiger charge is -2.16. The highest BCUT2D eigenvalue weighted by Gasteiger charge is 2.28. The van der Waals surface area contributed by atoms with Crippen molar-refractivity contribution < 1.29 is 37.1 Å². The molecule has 1 aliphatic heterocycles. The van der Waals surface area contributed by atoms with Crippen molar-refractivity contribution in [2.75, 3.05) is 27.3 Å². The third kappa shape index (κ3) is 6.89. The number of aliphatic carboxylic acids is 1. The maximum absolute atomic E-state index is 10.5. The van der Waals surface area contributed by atoms with Crippen molar-refractivity contribution in [1.29, 1.82) is 0 Å². The molecule has 0 saturated heterocycles. The van der Waals surface area contributed by atoms with Crippen LogP contribution in [-0.2, 0) is 17.6 Å². The summed E-state index contributed by atoms with van der Waals surface area (Å²) in [4.78, 5) is 8.78. The third-order valence-corrected chi connectivity index (χ3v) is 5.19. The maximum atomic E-state index is 10.5. The smallest absolute Gasteiger partial charge is 0.430 e. The van der Waals surface area contributed by atoms with Crippen LogP contribution in [0.15, 0.2) is 36.4 Å².